The molecule has 1 amide bonds. The van der Waals surface area contributed by atoms with Crippen molar-refractivity contribution in [1.29, 1.82) is 0 Å². The van der Waals surface area contributed by atoms with E-state index < -0.39 is 26.7 Å². The minimum atomic E-state index is -4.64. The number of carbonyl (C=O) groups excluding carboxylic acids is 1. The molecule has 0 aliphatic heterocycles. The second kappa shape index (κ2) is 10.9. The number of azo groups is 1. The Hall–Kier alpha value is -4.68. The van der Waals surface area contributed by atoms with Crippen molar-refractivity contribution in [3.05, 3.63) is 94.5 Å². The number of anilines is 1. The van der Waals surface area contributed by atoms with Crippen LogP contribution in [0.25, 0.3) is 32.6 Å². The van der Waals surface area contributed by atoms with E-state index in [1.165, 1.54) is 7.11 Å². The zero-order valence-corrected chi connectivity index (χ0v) is 24.4. The van der Waals surface area contributed by atoms with E-state index in [0.29, 0.717) is 27.7 Å². The maximum Gasteiger partial charge on any atom is 0.296 e. The smallest absolute Gasteiger partial charge is 0.296 e. The third kappa shape index (κ3) is 5.23. The van der Waals surface area contributed by atoms with Crippen LogP contribution >= 0.6 is 23.2 Å². The fourth-order valence-electron chi connectivity index (χ4n) is 4.82. The number of halogens is 2. The molecule has 0 aliphatic rings. The van der Waals surface area contributed by atoms with E-state index in [0.717, 1.165) is 28.4 Å². The number of carbonyl (C=O) groups is 1. The number of hydrogen-bond acceptors (Lipinski definition) is 7. The Morgan fingerprint density at radius 3 is 2.40 bits per heavy atom. The fraction of sp³-hybridized carbons (Fsp3) is 0.0333. The van der Waals surface area contributed by atoms with Crippen LogP contribution in [0.3, 0.4) is 0 Å². The summed E-state index contributed by atoms with van der Waals surface area (Å²) in [5.74, 6) is -0.443. The van der Waals surface area contributed by atoms with Crippen molar-refractivity contribution in [3.63, 3.8) is 0 Å². The number of aromatic nitrogens is 1. The van der Waals surface area contributed by atoms with Gasteiger partial charge in [0.1, 0.15) is 22.0 Å². The number of benzene rings is 5. The first-order valence-electron chi connectivity index (χ1n) is 12.6. The maximum atomic E-state index is 13.4. The highest BCUT2D eigenvalue weighted by molar-refractivity contribution is 7.86. The Balaban J connectivity index is 1.55. The Kier molecular flexibility index (Phi) is 7.18. The van der Waals surface area contributed by atoms with Crippen LogP contribution in [0.2, 0.25) is 10.0 Å². The number of fused-ring (bicyclic) bond motifs is 5. The molecule has 216 valence electrons. The molecule has 0 fully saturated rings. The summed E-state index contributed by atoms with van der Waals surface area (Å²) < 4.78 is 37.8. The highest BCUT2D eigenvalue weighted by Gasteiger charge is 2.22. The summed E-state index contributed by atoms with van der Waals surface area (Å²) in [5.41, 5.74) is 1.82. The number of methoxy groups -OCH3 is 1. The molecule has 0 radical (unpaired) electrons. The molecular formula is C30H20Cl2N4O6S. The van der Waals surface area contributed by atoms with Crippen LogP contribution in [0, 0.1) is 0 Å². The molecule has 43 heavy (non-hydrogen) atoms. The van der Waals surface area contributed by atoms with E-state index in [1.807, 2.05) is 36.4 Å². The highest BCUT2D eigenvalue weighted by Crippen LogP contribution is 2.45. The number of hydrogen-bond donors (Lipinski definition) is 4. The van der Waals surface area contributed by atoms with Gasteiger partial charge in [-0.1, -0.05) is 53.5 Å². The topological polar surface area (TPSA) is 153 Å². The molecule has 0 saturated heterocycles. The number of amides is 1. The summed E-state index contributed by atoms with van der Waals surface area (Å²) >= 11 is 12.3. The third-order valence-electron chi connectivity index (χ3n) is 6.86. The fourth-order valence-corrected chi connectivity index (χ4v) is 6.11. The number of ether oxygens (including phenoxy) is 1. The minimum Gasteiger partial charge on any atom is -0.505 e. The van der Waals surface area contributed by atoms with Crippen molar-refractivity contribution in [1.82, 2.24) is 4.98 Å². The van der Waals surface area contributed by atoms with Crippen molar-refractivity contribution >= 4 is 88.9 Å². The molecule has 10 nitrogen and oxygen atoms in total. The number of nitrogens with zero attached hydrogens (tertiary/aromatic N) is 2. The lowest BCUT2D eigenvalue weighted by atomic mass is 10.00. The van der Waals surface area contributed by atoms with Gasteiger partial charge in [-0.15, -0.1) is 10.2 Å². The van der Waals surface area contributed by atoms with Gasteiger partial charge in [0.15, 0.2) is 5.75 Å². The average Bonchev–Trinajstić information content (AvgIpc) is 3.36. The quantitative estimate of drug-likeness (QED) is 0.106. The SMILES string of the molecule is COc1ccc(NC(=O)c2cc3ccc4c5ccccc5[nH]c4c3c(N=Nc3cc(Cl)c(S(=O)(=O)O)cc3Cl)c2O)cc1. The summed E-state index contributed by atoms with van der Waals surface area (Å²) in [6.07, 6.45) is 0. The van der Waals surface area contributed by atoms with Crippen LogP contribution in [-0.2, 0) is 10.1 Å². The van der Waals surface area contributed by atoms with E-state index in [9.17, 15) is 22.9 Å². The Labute approximate surface area is 254 Å². The number of para-hydroxylation sites is 1. The first-order valence-corrected chi connectivity index (χ1v) is 14.8. The number of nitrogens with one attached hydrogen (secondary N) is 2. The van der Waals surface area contributed by atoms with Gasteiger partial charge in [-0.3, -0.25) is 9.35 Å². The summed E-state index contributed by atoms with van der Waals surface area (Å²) in [5, 5.41) is 25.0. The third-order valence-corrected chi connectivity index (χ3v) is 8.48. The Morgan fingerprint density at radius 1 is 0.930 bits per heavy atom. The van der Waals surface area contributed by atoms with Gasteiger partial charge < -0.3 is 20.1 Å². The number of aromatic amines is 1. The number of H-pyrrole nitrogens is 1. The van der Waals surface area contributed by atoms with Crippen molar-refractivity contribution in [2.75, 3.05) is 12.4 Å². The molecule has 0 atom stereocenters. The molecule has 0 spiro atoms. The van der Waals surface area contributed by atoms with Gasteiger partial charge in [0.25, 0.3) is 16.0 Å². The van der Waals surface area contributed by atoms with Gasteiger partial charge in [0.05, 0.1) is 28.2 Å². The van der Waals surface area contributed by atoms with Crippen LogP contribution < -0.4 is 10.1 Å². The molecule has 6 rings (SSSR count). The Morgan fingerprint density at radius 2 is 1.67 bits per heavy atom. The van der Waals surface area contributed by atoms with Crippen molar-refractivity contribution in [3.8, 4) is 11.5 Å². The maximum absolute atomic E-state index is 13.4. The lowest BCUT2D eigenvalue weighted by molar-refractivity contribution is 0.102. The molecule has 0 aliphatic carbocycles. The minimum absolute atomic E-state index is 0.0384. The summed E-state index contributed by atoms with van der Waals surface area (Å²) in [6.45, 7) is 0. The Bertz CT molecular complexity index is 2230. The van der Waals surface area contributed by atoms with E-state index in [1.54, 1.807) is 30.3 Å². The standard InChI is InChI=1S/C30H20Cl2N4O6S/c1-42-17-9-7-16(8-10-17)33-30(38)20-12-15-6-11-19-18-4-2-3-5-23(18)34-27(19)26(15)28(29(20)37)36-35-24-13-22(32)25(14-21(24)31)43(39,40)41/h2-14,34,37H,1H3,(H,33,38)(H,39,40,41). The van der Waals surface area contributed by atoms with Gasteiger partial charge in [-0.2, -0.15) is 8.42 Å². The molecule has 0 unspecified atom stereocenters. The van der Waals surface area contributed by atoms with Gasteiger partial charge in [-0.05, 0) is 53.9 Å². The highest BCUT2D eigenvalue weighted by atomic mass is 35.5. The van der Waals surface area contributed by atoms with Crippen molar-refractivity contribution < 1.29 is 27.6 Å². The average molecular weight is 635 g/mol. The largest absolute Gasteiger partial charge is 0.505 e. The predicted molar refractivity (Wildman–Crippen MR) is 166 cm³/mol. The van der Waals surface area contributed by atoms with Gasteiger partial charge in [0, 0.05) is 27.4 Å². The lowest BCUT2D eigenvalue weighted by Crippen LogP contribution is -2.12. The number of phenols is 1. The molecule has 6 aromatic rings. The molecule has 1 aromatic heterocycles. The second-order valence-corrected chi connectivity index (χ2v) is 11.7. The molecule has 13 heteroatoms. The number of aromatic hydroxyl groups is 1. The monoisotopic (exact) mass is 634 g/mol. The van der Waals surface area contributed by atoms with E-state index in [-0.39, 0.29) is 27.0 Å². The van der Waals surface area contributed by atoms with Gasteiger partial charge in [-0.25, -0.2) is 0 Å². The summed E-state index contributed by atoms with van der Waals surface area (Å²) in [6, 6.07) is 21.7. The van der Waals surface area contributed by atoms with Crippen LogP contribution in [0.5, 0.6) is 11.5 Å². The van der Waals surface area contributed by atoms with Crippen LogP contribution in [0.1, 0.15) is 10.4 Å². The molecule has 0 saturated carbocycles. The molecular weight excluding hydrogens is 615 g/mol. The van der Waals surface area contributed by atoms with Gasteiger partial charge in [0.2, 0.25) is 0 Å². The molecule has 1 heterocycles. The van der Waals surface area contributed by atoms with E-state index >= 15 is 0 Å². The van der Waals surface area contributed by atoms with Gasteiger partial charge >= 0.3 is 0 Å². The van der Waals surface area contributed by atoms with Crippen LogP contribution in [0.15, 0.2) is 94.0 Å². The molecule has 4 N–H and O–H groups in total. The van der Waals surface area contributed by atoms with Crippen LogP contribution in [-0.4, -0.2) is 36.1 Å². The summed E-state index contributed by atoms with van der Waals surface area (Å²) in [4.78, 5) is 16.2. The zero-order valence-electron chi connectivity index (χ0n) is 22.1. The number of phenolic OH excluding ortho intramolecular Hbond substituents is 1. The van der Waals surface area contributed by atoms with E-state index in [2.05, 4.69) is 20.5 Å². The molecule has 0 bridgehead atoms. The summed E-state index contributed by atoms with van der Waals surface area (Å²) in [7, 11) is -3.11. The van der Waals surface area contributed by atoms with Crippen LogP contribution in [0.4, 0.5) is 17.1 Å². The lowest BCUT2D eigenvalue weighted by Gasteiger charge is -2.12. The first kappa shape index (κ1) is 28.4. The molecule has 5 aromatic carbocycles. The van der Waals surface area contributed by atoms with Crippen molar-refractivity contribution in [2.24, 2.45) is 10.2 Å². The predicted octanol–water partition coefficient (Wildman–Crippen LogP) is 8.41. The number of rotatable bonds is 6. The van der Waals surface area contributed by atoms with Crippen molar-refractivity contribution in [2.45, 2.75) is 4.90 Å². The normalized spacial score (nSPS) is 12.0. The second-order valence-electron chi connectivity index (χ2n) is 9.47. The zero-order chi connectivity index (χ0) is 30.5. The first-order chi connectivity index (χ1) is 20.5. The van der Waals surface area contributed by atoms with E-state index in [4.69, 9.17) is 27.9 Å².